The van der Waals surface area contributed by atoms with E-state index in [1.807, 2.05) is 0 Å². The van der Waals surface area contributed by atoms with E-state index >= 15 is 0 Å². The zero-order chi connectivity index (χ0) is 12.3. The summed E-state index contributed by atoms with van der Waals surface area (Å²) in [5, 5.41) is 27.6. The quantitative estimate of drug-likeness (QED) is 0.613. The average Bonchev–Trinajstić information content (AvgIpc) is 2.20. The smallest absolute Gasteiger partial charge is 0.408 e. The number of carboxylic acid groups (broad SMARTS) is 2. The fourth-order valence-corrected chi connectivity index (χ4v) is 2.04. The highest BCUT2D eigenvalue weighted by Gasteiger charge is 2.49. The van der Waals surface area contributed by atoms with Crippen molar-refractivity contribution in [3.05, 3.63) is 12.7 Å². The molecule has 1 heterocycles. The van der Waals surface area contributed by atoms with Gasteiger partial charge in [-0.05, 0) is 19.3 Å². The Hall–Kier alpha value is -1.56. The molecule has 2 atom stereocenters. The van der Waals surface area contributed by atoms with Gasteiger partial charge in [-0.25, -0.2) is 9.59 Å². The molecule has 0 saturated carbocycles. The SMILES string of the molecule is C=CC[C@@]1(C(=O)O)CC[C@H](O)CN1C(=O)O. The van der Waals surface area contributed by atoms with Crippen LogP contribution in [0.2, 0.25) is 0 Å². The van der Waals surface area contributed by atoms with Crippen molar-refractivity contribution in [3.63, 3.8) is 0 Å². The lowest BCUT2D eigenvalue weighted by Crippen LogP contribution is -2.61. The molecule has 3 N–H and O–H groups in total. The second kappa shape index (κ2) is 4.52. The molecule has 1 aliphatic heterocycles. The molecular weight excluding hydrogens is 214 g/mol. The number of piperidine rings is 1. The largest absolute Gasteiger partial charge is 0.479 e. The number of β-amino-alcohol motifs (C(OH)–C–C–N with tert-alkyl or cyclic N) is 1. The third-order valence-electron chi connectivity index (χ3n) is 2.91. The van der Waals surface area contributed by atoms with Crippen LogP contribution in [0.15, 0.2) is 12.7 Å². The Labute approximate surface area is 92.8 Å². The summed E-state index contributed by atoms with van der Waals surface area (Å²) in [4.78, 5) is 23.1. The molecule has 0 aliphatic carbocycles. The molecule has 0 spiro atoms. The zero-order valence-corrected chi connectivity index (χ0v) is 8.80. The Morgan fingerprint density at radius 1 is 1.50 bits per heavy atom. The van der Waals surface area contributed by atoms with Crippen molar-refractivity contribution in [2.45, 2.75) is 30.9 Å². The first-order valence-corrected chi connectivity index (χ1v) is 4.97. The van der Waals surface area contributed by atoms with Gasteiger partial charge in [0.1, 0.15) is 5.54 Å². The number of carboxylic acids is 1. The summed E-state index contributed by atoms with van der Waals surface area (Å²) in [6.45, 7) is 3.28. The van der Waals surface area contributed by atoms with Crippen LogP contribution in [0, 0.1) is 0 Å². The molecule has 0 bridgehead atoms. The van der Waals surface area contributed by atoms with Crippen molar-refractivity contribution in [1.29, 1.82) is 0 Å². The molecule has 1 amide bonds. The van der Waals surface area contributed by atoms with E-state index in [0.29, 0.717) is 0 Å². The molecule has 1 aliphatic rings. The highest BCUT2D eigenvalue weighted by Crippen LogP contribution is 2.32. The summed E-state index contributed by atoms with van der Waals surface area (Å²) in [6, 6.07) is 0. The summed E-state index contributed by atoms with van der Waals surface area (Å²) in [5.74, 6) is -1.19. The van der Waals surface area contributed by atoms with E-state index in [2.05, 4.69) is 6.58 Å². The average molecular weight is 229 g/mol. The van der Waals surface area contributed by atoms with Crippen molar-refractivity contribution >= 4 is 12.1 Å². The van der Waals surface area contributed by atoms with E-state index in [1.54, 1.807) is 0 Å². The topological polar surface area (TPSA) is 98.1 Å². The lowest BCUT2D eigenvalue weighted by Gasteiger charge is -2.43. The minimum Gasteiger partial charge on any atom is -0.479 e. The Bertz CT molecular complexity index is 316. The maximum Gasteiger partial charge on any atom is 0.408 e. The van der Waals surface area contributed by atoms with Gasteiger partial charge in [0.15, 0.2) is 0 Å². The molecule has 1 fully saturated rings. The number of nitrogens with zero attached hydrogens (tertiary/aromatic N) is 1. The third-order valence-corrected chi connectivity index (χ3v) is 2.91. The number of hydrogen-bond acceptors (Lipinski definition) is 3. The first-order valence-electron chi connectivity index (χ1n) is 4.97. The molecule has 90 valence electrons. The van der Waals surface area contributed by atoms with Crippen molar-refractivity contribution in [2.75, 3.05) is 6.54 Å². The summed E-state index contributed by atoms with van der Waals surface area (Å²) >= 11 is 0. The second-order valence-corrected chi connectivity index (χ2v) is 3.92. The Kier molecular flexibility index (Phi) is 3.54. The molecule has 0 radical (unpaired) electrons. The van der Waals surface area contributed by atoms with Crippen LogP contribution in [0.4, 0.5) is 4.79 Å². The molecule has 0 aromatic rings. The molecular formula is C10H15NO5. The fraction of sp³-hybridized carbons (Fsp3) is 0.600. The van der Waals surface area contributed by atoms with Gasteiger partial charge in [-0.15, -0.1) is 6.58 Å². The molecule has 6 nitrogen and oxygen atoms in total. The molecule has 16 heavy (non-hydrogen) atoms. The van der Waals surface area contributed by atoms with Crippen LogP contribution in [0.3, 0.4) is 0 Å². The minimum absolute atomic E-state index is 0.0430. The number of amides is 1. The predicted molar refractivity (Wildman–Crippen MR) is 55.2 cm³/mol. The van der Waals surface area contributed by atoms with Gasteiger partial charge >= 0.3 is 12.1 Å². The lowest BCUT2D eigenvalue weighted by molar-refractivity contribution is -0.154. The van der Waals surface area contributed by atoms with E-state index in [9.17, 15) is 19.8 Å². The van der Waals surface area contributed by atoms with Gasteiger partial charge in [-0.2, -0.15) is 0 Å². The van der Waals surface area contributed by atoms with Crippen molar-refractivity contribution in [1.82, 2.24) is 4.90 Å². The number of carbonyl (C=O) groups is 2. The second-order valence-electron chi connectivity index (χ2n) is 3.92. The van der Waals surface area contributed by atoms with Crippen LogP contribution in [-0.4, -0.2) is 50.5 Å². The molecule has 0 unspecified atom stereocenters. The maximum absolute atomic E-state index is 11.3. The van der Waals surface area contributed by atoms with E-state index < -0.39 is 23.7 Å². The van der Waals surface area contributed by atoms with Crippen LogP contribution in [0.25, 0.3) is 0 Å². The molecule has 0 aromatic carbocycles. The van der Waals surface area contributed by atoms with E-state index in [0.717, 1.165) is 4.90 Å². The monoisotopic (exact) mass is 229 g/mol. The number of likely N-dealkylation sites (tertiary alicyclic amines) is 1. The number of aliphatic hydroxyl groups is 1. The van der Waals surface area contributed by atoms with Crippen LogP contribution >= 0.6 is 0 Å². The van der Waals surface area contributed by atoms with Gasteiger partial charge in [-0.1, -0.05) is 6.08 Å². The van der Waals surface area contributed by atoms with Gasteiger partial charge in [0, 0.05) is 0 Å². The lowest BCUT2D eigenvalue weighted by atomic mass is 9.83. The van der Waals surface area contributed by atoms with Gasteiger partial charge in [0.2, 0.25) is 0 Å². The summed E-state index contributed by atoms with van der Waals surface area (Å²) in [5.41, 5.74) is -1.48. The molecule has 6 heteroatoms. The van der Waals surface area contributed by atoms with Crippen LogP contribution in [0.1, 0.15) is 19.3 Å². The predicted octanol–water partition coefficient (Wildman–Crippen LogP) is 0.521. The normalized spacial score (nSPS) is 29.8. The van der Waals surface area contributed by atoms with Crippen LogP contribution in [-0.2, 0) is 4.79 Å². The summed E-state index contributed by atoms with van der Waals surface area (Å²) in [7, 11) is 0. The third kappa shape index (κ3) is 2.01. The number of rotatable bonds is 3. The number of aliphatic hydroxyl groups excluding tert-OH is 1. The summed E-state index contributed by atoms with van der Waals surface area (Å²) in [6.07, 6.45) is -0.314. The molecule has 1 rings (SSSR count). The molecule has 0 aromatic heterocycles. The standard InChI is InChI=1S/C10H15NO5/c1-2-4-10(8(13)14)5-3-7(12)6-11(10)9(15)16/h2,7,12H,1,3-6H2,(H,13,14)(H,15,16)/t7-,10-/m0/s1. The van der Waals surface area contributed by atoms with Gasteiger partial charge in [-0.3, -0.25) is 4.90 Å². The van der Waals surface area contributed by atoms with Crippen molar-refractivity contribution < 1.29 is 24.9 Å². The summed E-state index contributed by atoms with van der Waals surface area (Å²) < 4.78 is 0. The van der Waals surface area contributed by atoms with Gasteiger partial charge in [0.05, 0.1) is 12.6 Å². The Balaban J connectivity index is 3.07. The highest BCUT2D eigenvalue weighted by atomic mass is 16.4. The molecule has 1 saturated heterocycles. The Morgan fingerprint density at radius 3 is 2.56 bits per heavy atom. The van der Waals surface area contributed by atoms with Crippen molar-refractivity contribution in [3.8, 4) is 0 Å². The highest BCUT2D eigenvalue weighted by molar-refractivity contribution is 5.84. The van der Waals surface area contributed by atoms with E-state index in [4.69, 9.17) is 5.11 Å². The van der Waals surface area contributed by atoms with Gasteiger partial charge in [0.25, 0.3) is 0 Å². The Morgan fingerprint density at radius 2 is 2.12 bits per heavy atom. The van der Waals surface area contributed by atoms with E-state index in [1.165, 1.54) is 6.08 Å². The number of aliphatic carboxylic acids is 1. The first-order chi connectivity index (χ1) is 7.44. The minimum atomic E-state index is -1.48. The zero-order valence-electron chi connectivity index (χ0n) is 8.80. The fourth-order valence-electron chi connectivity index (χ4n) is 2.04. The maximum atomic E-state index is 11.3. The van der Waals surface area contributed by atoms with E-state index in [-0.39, 0.29) is 25.8 Å². The van der Waals surface area contributed by atoms with Crippen LogP contribution < -0.4 is 0 Å². The number of hydrogen-bond donors (Lipinski definition) is 3. The van der Waals surface area contributed by atoms with Crippen LogP contribution in [0.5, 0.6) is 0 Å². The first kappa shape index (κ1) is 12.5. The van der Waals surface area contributed by atoms with Gasteiger partial charge < -0.3 is 15.3 Å². The van der Waals surface area contributed by atoms with Crippen molar-refractivity contribution in [2.24, 2.45) is 0 Å².